The zero-order chi connectivity index (χ0) is 21.1. The van der Waals surface area contributed by atoms with Crippen LogP contribution in [0.5, 0.6) is 0 Å². The number of thioether (sulfide) groups is 2. The van der Waals surface area contributed by atoms with Gasteiger partial charge in [-0.15, -0.1) is 41.3 Å². The monoisotopic (exact) mass is 453 g/mol. The highest BCUT2D eigenvalue weighted by Crippen LogP contribution is 2.43. The van der Waals surface area contributed by atoms with Crippen LogP contribution >= 0.6 is 34.9 Å². The topological polar surface area (TPSA) is 147 Å². The Balaban J connectivity index is 1.78. The molecule has 1 saturated heterocycles. The molecule has 0 unspecified atom stereocenters. The van der Waals surface area contributed by atoms with Crippen molar-refractivity contribution in [1.82, 2.24) is 15.2 Å². The predicted molar refractivity (Wildman–Crippen MR) is 111 cm³/mol. The molecule has 0 bridgehead atoms. The van der Waals surface area contributed by atoms with Gasteiger partial charge >= 0.3 is 5.97 Å². The molecule has 2 aliphatic rings. The normalized spacial score (nSPS) is 21.2. The molecule has 4 N–H and O–H groups in total. The number of aliphatic carboxylic acids is 1. The third kappa shape index (κ3) is 4.04. The summed E-state index contributed by atoms with van der Waals surface area (Å²) in [7, 11) is 1.27. The molecule has 0 aromatic carbocycles. The van der Waals surface area contributed by atoms with Crippen molar-refractivity contribution in [1.29, 1.82) is 0 Å². The van der Waals surface area contributed by atoms with Gasteiger partial charge in [0, 0.05) is 16.0 Å². The van der Waals surface area contributed by atoms with Gasteiger partial charge in [0.25, 0.3) is 11.8 Å². The standard InChI is InChI=1S/C16H15N5O5S3/c1-3-4-27-8-6-28-14-10(13(23)21(14)11(8)15(24)25)19-12(22)9(20-26-2)7-5-29-16(17)18-7/h1,5,10,14H,4,6H2,2H3,(H2,17,18)(H,19,22)(H,24,25)/b20-9-/t10-,14+/m1/s1. The molecule has 2 aliphatic heterocycles. The number of fused-ring (bicyclic) bond motifs is 1. The lowest BCUT2D eigenvalue weighted by Crippen LogP contribution is -2.71. The molecule has 0 spiro atoms. The molecule has 0 saturated carbocycles. The smallest absolute Gasteiger partial charge is 0.353 e. The second kappa shape index (κ2) is 8.76. The fourth-order valence-corrected chi connectivity index (χ4v) is 5.59. The van der Waals surface area contributed by atoms with Gasteiger partial charge in [-0.05, 0) is 0 Å². The summed E-state index contributed by atoms with van der Waals surface area (Å²) in [6.07, 6.45) is 5.24. The predicted octanol–water partition coefficient (Wildman–Crippen LogP) is 0.138. The number of aromatic nitrogens is 1. The van der Waals surface area contributed by atoms with Crippen molar-refractivity contribution in [3.8, 4) is 12.3 Å². The molecular formula is C16H15N5O5S3. The number of carbonyl (C=O) groups excluding carboxylic acids is 2. The number of nitrogens with one attached hydrogen (secondary N) is 1. The van der Waals surface area contributed by atoms with Crippen LogP contribution in [0.15, 0.2) is 21.1 Å². The van der Waals surface area contributed by atoms with Crippen LogP contribution in [0.1, 0.15) is 5.69 Å². The summed E-state index contributed by atoms with van der Waals surface area (Å²) in [6, 6.07) is -0.904. The minimum Gasteiger partial charge on any atom is -0.477 e. The van der Waals surface area contributed by atoms with E-state index < -0.39 is 29.2 Å². The van der Waals surface area contributed by atoms with Gasteiger partial charge < -0.3 is 21.0 Å². The average Bonchev–Trinajstić information content (AvgIpc) is 3.13. The van der Waals surface area contributed by atoms with E-state index in [9.17, 15) is 19.5 Å². The number of nitrogens with two attached hydrogens (primary N) is 1. The molecule has 1 fully saturated rings. The summed E-state index contributed by atoms with van der Waals surface area (Å²) < 4.78 is 0. The summed E-state index contributed by atoms with van der Waals surface area (Å²) in [4.78, 5) is 47.4. The number of anilines is 1. The van der Waals surface area contributed by atoms with Crippen molar-refractivity contribution >= 4 is 63.5 Å². The van der Waals surface area contributed by atoms with E-state index in [0.717, 1.165) is 11.3 Å². The third-order valence-corrected chi connectivity index (χ3v) is 7.05. The van der Waals surface area contributed by atoms with Crippen LogP contribution in [-0.2, 0) is 19.2 Å². The van der Waals surface area contributed by atoms with Crippen molar-refractivity contribution in [2.75, 3.05) is 24.3 Å². The largest absolute Gasteiger partial charge is 0.477 e. The molecule has 0 aliphatic carbocycles. The highest BCUT2D eigenvalue weighted by atomic mass is 32.2. The number of hydrogen-bond donors (Lipinski definition) is 3. The molecule has 2 atom stereocenters. The lowest BCUT2D eigenvalue weighted by Gasteiger charge is -2.49. The van der Waals surface area contributed by atoms with Crippen LogP contribution in [-0.4, -0.2) is 68.5 Å². The molecule has 10 nitrogen and oxygen atoms in total. The first-order valence-electron chi connectivity index (χ1n) is 7.99. The number of terminal acetylenes is 1. The van der Waals surface area contributed by atoms with E-state index in [1.54, 1.807) is 0 Å². The van der Waals surface area contributed by atoms with Crippen LogP contribution in [0.2, 0.25) is 0 Å². The van der Waals surface area contributed by atoms with Gasteiger partial charge in [-0.3, -0.25) is 14.5 Å². The summed E-state index contributed by atoms with van der Waals surface area (Å²) in [5, 5.41) is 17.1. The number of hydrogen-bond acceptors (Lipinski definition) is 10. The minimum atomic E-state index is -1.22. The molecular weight excluding hydrogens is 438 g/mol. The maximum Gasteiger partial charge on any atom is 0.353 e. The number of nitrogen functional groups attached to an aromatic ring is 1. The Hall–Kier alpha value is -2.69. The summed E-state index contributed by atoms with van der Waals surface area (Å²) >= 11 is 3.68. The summed E-state index contributed by atoms with van der Waals surface area (Å²) in [5.74, 6) is 0.685. The van der Waals surface area contributed by atoms with Crippen LogP contribution in [0.4, 0.5) is 5.13 Å². The van der Waals surface area contributed by atoms with Gasteiger partial charge in [0.2, 0.25) is 0 Å². The second-order valence-electron chi connectivity index (χ2n) is 5.62. The number of β-lactam (4-membered cyclic amide) rings is 1. The average molecular weight is 454 g/mol. The number of carboxylic acid groups (broad SMARTS) is 1. The van der Waals surface area contributed by atoms with Crippen molar-refractivity contribution in [2.24, 2.45) is 5.16 Å². The van der Waals surface area contributed by atoms with E-state index in [1.807, 2.05) is 0 Å². The number of carboxylic acids is 1. The third-order valence-electron chi connectivity index (χ3n) is 3.91. The first-order chi connectivity index (χ1) is 13.9. The van der Waals surface area contributed by atoms with Gasteiger partial charge in [-0.1, -0.05) is 11.1 Å². The van der Waals surface area contributed by atoms with Gasteiger partial charge in [0.05, 0.1) is 5.75 Å². The minimum absolute atomic E-state index is 0.0949. The van der Waals surface area contributed by atoms with E-state index >= 15 is 0 Å². The maximum atomic E-state index is 12.7. The molecule has 152 valence electrons. The molecule has 1 aromatic rings. The van der Waals surface area contributed by atoms with E-state index in [1.165, 1.54) is 40.9 Å². The molecule has 3 rings (SSSR count). The fourth-order valence-electron chi connectivity index (χ4n) is 2.73. The molecule has 2 amide bonds. The number of rotatable bonds is 7. The molecule has 0 radical (unpaired) electrons. The Labute approximate surface area is 177 Å². The SMILES string of the molecule is C#CCSC1=C(C(=O)O)N2C(=O)[C@@H](NC(=O)/C(=N\OC)c3csc(N)n3)[C@@H]2SC1. The zero-order valence-corrected chi connectivity index (χ0v) is 17.4. The number of oxime groups is 1. The lowest BCUT2D eigenvalue weighted by atomic mass is 10.0. The van der Waals surface area contributed by atoms with Crippen molar-refractivity contribution in [2.45, 2.75) is 11.4 Å². The van der Waals surface area contributed by atoms with Gasteiger partial charge in [-0.2, -0.15) is 0 Å². The van der Waals surface area contributed by atoms with E-state index in [0.29, 0.717) is 16.4 Å². The van der Waals surface area contributed by atoms with Crippen molar-refractivity contribution < 1.29 is 24.3 Å². The molecule has 1 aromatic heterocycles. The molecule has 29 heavy (non-hydrogen) atoms. The quantitative estimate of drug-likeness (QED) is 0.227. The van der Waals surface area contributed by atoms with Crippen molar-refractivity contribution in [3.63, 3.8) is 0 Å². The summed E-state index contributed by atoms with van der Waals surface area (Å²) in [6.45, 7) is 0. The lowest BCUT2D eigenvalue weighted by molar-refractivity contribution is -0.150. The number of carbonyl (C=O) groups is 3. The Morgan fingerprint density at radius 3 is 2.97 bits per heavy atom. The fraction of sp³-hybridized carbons (Fsp3) is 0.312. The molecule has 13 heteroatoms. The Bertz CT molecular complexity index is 966. The van der Waals surface area contributed by atoms with Gasteiger partial charge in [-0.25, -0.2) is 9.78 Å². The van der Waals surface area contributed by atoms with Gasteiger partial charge in [0.1, 0.15) is 29.9 Å². The van der Waals surface area contributed by atoms with Crippen LogP contribution in [0, 0.1) is 12.3 Å². The Morgan fingerprint density at radius 1 is 1.62 bits per heavy atom. The Kier molecular flexibility index (Phi) is 6.36. The first-order valence-corrected chi connectivity index (χ1v) is 10.9. The van der Waals surface area contributed by atoms with Crippen molar-refractivity contribution in [3.05, 3.63) is 21.7 Å². The number of nitrogens with zero attached hydrogens (tertiary/aromatic N) is 3. The van der Waals surface area contributed by atoms with Crippen LogP contribution in [0.25, 0.3) is 0 Å². The summed E-state index contributed by atoms with van der Waals surface area (Å²) in [5.41, 5.74) is 5.58. The van der Waals surface area contributed by atoms with E-state index in [2.05, 4.69) is 21.4 Å². The van der Waals surface area contributed by atoms with Crippen LogP contribution < -0.4 is 11.1 Å². The molecule has 3 heterocycles. The second-order valence-corrected chi connectivity index (χ2v) is 8.69. The van der Waals surface area contributed by atoms with Crippen LogP contribution in [0.3, 0.4) is 0 Å². The van der Waals surface area contributed by atoms with E-state index in [-0.39, 0.29) is 22.2 Å². The maximum absolute atomic E-state index is 12.7. The van der Waals surface area contributed by atoms with Gasteiger partial charge in [0.15, 0.2) is 10.8 Å². The van der Waals surface area contributed by atoms with E-state index in [4.69, 9.17) is 17.0 Å². The highest BCUT2D eigenvalue weighted by molar-refractivity contribution is 8.06. The number of amides is 2. The highest BCUT2D eigenvalue weighted by Gasteiger charge is 2.54. The number of thiazole rings is 1. The Morgan fingerprint density at radius 2 is 2.38 bits per heavy atom. The zero-order valence-electron chi connectivity index (χ0n) is 14.9. The first kappa shape index (κ1) is 21.0.